The summed E-state index contributed by atoms with van der Waals surface area (Å²) in [5.74, 6) is 1.08. The molecule has 0 radical (unpaired) electrons. The minimum Gasteiger partial charge on any atom is -0.330 e. The minimum atomic E-state index is 0.720. The highest BCUT2D eigenvalue weighted by atomic mass is 32.2. The van der Waals surface area contributed by atoms with Gasteiger partial charge >= 0.3 is 0 Å². The quantitative estimate of drug-likeness (QED) is 0.728. The summed E-state index contributed by atoms with van der Waals surface area (Å²) in [6.45, 7) is 1.66. The highest BCUT2D eigenvalue weighted by Crippen LogP contribution is 1.99. The Balaban J connectivity index is 2.34. The molecule has 0 saturated carbocycles. The summed E-state index contributed by atoms with van der Waals surface area (Å²) in [6, 6.07) is 0. The standard InChI is InChI=1S/C8H16N4S/c1-13-6-5-12-7-8(10-11-12)3-2-4-9/h7H,2-6,9H2,1H3. The number of nitrogens with two attached hydrogens (primary N) is 1. The van der Waals surface area contributed by atoms with E-state index in [4.69, 9.17) is 5.73 Å². The molecule has 1 aromatic heterocycles. The molecule has 4 nitrogen and oxygen atoms in total. The fourth-order valence-electron chi connectivity index (χ4n) is 1.03. The zero-order valence-electron chi connectivity index (χ0n) is 7.94. The second-order valence-electron chi connectivity index (χ2n) is 2.86. The van der Waals surface area contributed by atoms with Crippen LogP contribution in [-0.4, -0.2) is 33.5 Å². The number of hydrogen-bond acceptors (Lipinski definition) is 4. The maximum absolute atomic E-state index is 5.41. The van der Waals surface area contributed by atoms with Crippen LogP contribution >= 0.6 is 11.8 Å². The number of aryl methyl sites for hydroxylation is 2. The number of hydrogen-bond donors (Lipinski definition) is 1. The largest absolute Gasteiger partial charge is 0.330 e. The Morgan fingerprint density at radius 2 is 2.46 bits per heavy atom. The van der Waals surface area contributed by atoms with E-state index in [9.17, 15) is 0 Å². The topological polar surface area (TPSA) is 56.7 Å². The molecule has 0 aromatic carbocycles. The van der Waals surface area contributed by atoms with Crippen LogP contribution in [-0.2, 0) is 13.0 Å². The summed E-state index contributed by atoms with van der Waals surface area (Å²) in [5.41, 5.74) is 6.45. The Labute approximate surface area is 82.9 Å². The van der Waals surface area contributed by atoms with E-state index in [0.29, 0.717) is 0 Å². The first kappa shape index (κ1) is 10.5. The number of thioether (sulfide) groups is 1. The van der Waals surface area contributed by atoms with E-state index >= 15 is 0 Å². The van der Waals surface area contributed by atoms with Gasteiger partial charge in [0.2, 0.25) is 0 Å². The minimum absolute atomic E-state index is 0.720. The van der Waals surface area contributed by atoms with E-state index in [2.05, 4.69) is 16.6 Å². The van der Waals surface area contributed by atoms with Crippen LogP contribution in [0.5, 0.6) is 0 Å². The van der Waals surface area contributed by atoms with E-state index < -0.39 is 0 Å². The van der Waals surface area contributed by atoms with Gasteiger partial charge in [-0.25, -0.2) is 0 Å². The molecule has 0 aliphatic carbocycles. The van der Waals surface area contributed by atoms with Crippen molar-refractivity contribution in [3.8, 4) is 0 Å². The van der Waals surface area contributed by atoms with E-state index in [1.807, 2.05) is 22.6 Å². The first-order valence-electron chi connectivity index (χ1n) is 4.45. The van der Waals surface area contributed by atoms with Gasteiger partial charge in [-0.2, -0.15) is 11.8 Å². The fraction of sp³-hybridized carbons (Fsp3) is 0.750. The van der Waals surface area contributed by atoms with Gasteiger partial charge in [-0.15, -0.1) is 5.10 Å². The van der Waals surface area contributed by atoms with Crippen LogP contribution < -0.4 is 5.73 Å². The van der Waals surface area contributed by atoms with Gasteiger partial charge in [-0.1, -0.05) is 5.21 Å². The molecule has 0 atom stereocenters. The number of aromatic nitrogens is 3. The van der Waals surface area contributed by atoms with E-state index in [1.54, 1.807) is 0 Å². The van der Waals surface area contributed by atoms with Gasteiger partial charge in [-0.05, 0) is 25.6 Å². The van der Waals surface area contributed by atoms with E-state index in [-0.39, 0.29) is 0 Å². The van der Waals surface area contributed by atoms with Crippen LogP contribution in [0.25, 0.3) is 0 Å². The lowest BCUT2D eigenvalue weighted by atomic mass is 10.2. The Morgan fingerprint density at radius 1 is 1.62 bits per heavy atom. The van der Waals surface area contributed by atoms with Crippen molar-refractivity contribution in [2.24, 2.45) is 5.73 Å². The number of nitrogens with zero attached hydrogens (tertiary/aromatic N) is 3. The van der Waals surface area contributed by atoms with Gasteiger partial charge in [-0.3, -0.25) is 4.68 Å². The second-order valence-corrected chi connectivity index (χ2v) is 3.84. The third-order valence-electron chi connectivity index (χ3n) is 1.75. The molecule has 13 heavy (non-hydrogen) atoms. The van der Waals surface area contributed by atoms with Gasteiger partial charge in [0.25, 0.3) is 0 Å². The molecule has 0 amide bonds. The van der Waals surface area contributed by atoms with E-state index in [0.717, 1.165) is 37.4 Å². The normalized spacial score (nSPS) is 10.6. The number of rotatable bonds is 6. The zero-order chi connectivity index (χ0) is 9.52. The first-order chi connectivity index (χ1) is 6.36. The molecule has 0 aliphatic heterocycles. The SMILES string of the molecule is CSCCn1cc(CCCN)nn1. The van der Waals surface area contributed by atoms with Crippen molar-refractivity contribution >= 4 is 11.8 Å². The van der Waals surface area contributed by atoms with Crippen molar-refractivity contribution in [1.29, 1.82) is 0 Å². The van der Waals surface area contributed by atoms with Crippen molar-refractivity contribution in [3.05, 3.63) is 11.9 Å². The van der Waals surface area contributed by atoms with Crippen LogP contribution in [0, 0.1) is 0 Å². The van der Waals surface area contributed by atoms with Crippen LogP contribution in [0.4, 0.5) is 0 Å². The maximum Gasteiger partial charge on any atom is 0.0827 e. The van der Waals surface area contributed by atoms with Crippen LogP contribution in [0.3, 0.4) is 0 Å². The summed E-state index contributed by atoms with van der Waals surface area (Å²) in [6.07, 6.45) is 6.02. The lowest BCUT2D eigenvalue weighted by Gasteiger charge is -1.95. The zero-order valence-corrected chi connectivity index (χ0v) is 8.76. The maximum atomic E-state index is 5.41. The molecule has 0 fully saturated rings. The predicted molar refractivity (Wildman–Crippen MR) is 55.8 cm³/mol. The van der Waals surface area contributed by atoms with Crippen molar-refractivity contribution in [2.45, 2.75) is 19.4 Å². The molecule has 0 aliphatic rings. The highest BCUT2D eigenvalue weighted by Gasteiger charge is 1.98. The lowest BCUT2D eigenvalue weighted by Crippen LogP contribution is -2.01. The van der Waals surface area contributed by atoms with Crippen molar-refractivity contribution in [1.82, 2.24) is 15.0 Å². The first-order valence-corrected chi connectivity index (χ1v) is 5.84. The van der Waals surface area contributed by atoms with Crippen molar-refractivity contribution in [3.63, 3.8) is 0 Å². The predicted octanol–water partition coefficient (Wildman–Crippen LogP) is 0.532. The lowest BCUT2D eigenvalue weighted by molar-refractivity contribution is 0.632. The average molecular weight is 200 g/mol. The fourth-order valence-corrected chi connectivity index (χ4v) is 1.40. The molecular weight excluding hydrogens is 184 g/mol. The molecule has 0 spiro atoms. The Bertz CT molecular complexity index is 213. The molecule has 1 heterocycles. The van der Waals surface area contributed by atoms with Crippen LogP contribution in [0.15, 0.2) is 6.20 Å². The van der Waals surface area contributed by atoms with Crippen LogP contribution in [0.2, 0.25) is 0 Å². The Hall–Kier alpha value is -0.550. The molecule has 2 N–H and O–H groups in total. The summed E-state index contributed by atoms with van der Waals surface area (Å²) in [4.78, 5) is 0. The van der Waals surface area contributed by atoms with Gasteiger partial charge in [0, 0.05) is 11.9 Å². The smallest absolute Gasteiger partial charge is 0.0827 e. The Morgan fingerprint density at radius 3 is 3.15 bits per heavy atom. The second kappa shape index (κ2) is 5.99. The third kappa shape index (κ3) is 3.78. The molecule has 1 rings (SSSR count). The van der Waals surface area contributed by atoms with Gasteiger partial charge in [0.15, 0.2) is 0 Å². The molecular formula is C8H16N4S. The summed E-state index contributed by atoms with van der Waals surface area (Å²) >= 11 is 1.81. The van der Waals surface area contributed by atoms with Crippen LogP contribution in [0.1, 0.15) is 12.1 Å². The Kier molecular flexibility index (Phi) is 4.85. The summed E-state index contributed by atoms with van der Waals surface area (Å²) < 4.78 is 1.89. The van der Waals surface area contributed by atoms with Crippen molar-refractivity contribution in [2.75, 3.05) is 18.6 Å². The van der Waals surface area contributed by atoms with Crippen molar-refractivity contribution < 1.29 is 0 Å². The summed E-state index contributed by atoms with van der Waals surface area (Å²) in [7, 11) is 0. The van der Waals surface area contributed by atoms with Gasteiger partial charge < -0.3 is 5.73 Å². The highest BCUT2D eigenvalue weighted by molar-refractivity contribution is 7.98. The van der Waals surface area contributed by atoms with Gasteiger partial charge in [0.1, 0.15) is 0 Å². The van der Waals surface area contributed by atoms with E-state index in [1.165, 1.54) is 0 Å². The third-order valence-corrected chi connectivity index (χ3v) is 2.34. The molecule has 74 valence electrons. The molecule has 0 bridgehead atoms. The average Bonchev–Trinajstić information content (AvgIpc) is 2.59. The molecule has 0 saturated heterocycles. The monoisotopic (exact) mass is 200 g/mol. The molecule has 0 unspecified atom stereocenters. The molecule has 5 heteroatoms. The van der Waals surface area contributed by atoms with Gasteiger partial charge in [0.05, 0.1) is 12.2 Å². The molecule has 1 aromatic rings. The summed E-state index contributed by atoms with van der Waals surface area (Å²) in [5, 5.41) is 8.07.